The molecule has 6 heteroatoms. The quantitative estimate of drug-likeness (QED) is 0.809. The molecule has 0 radical (unpaired) electrons. The number of anilines is 1. The summed E-state index contributed by atoms with van der Waals surface area (Å²) >= 11 is 5.68. The first kappa shape index (κ1) is 13.7. The first-order valence-corrected chi connectivity index (χ1v) is 5.70. The predicted octanol–water partition coefficient (Wildman–Crippen LogP) is 1.77. The van der Waals surface area contributed by atoms with Crippen molar-refractivity contribution in [2.75, 3.05) is 11.9 Å². The van der Waals surface area contributed by atoms with E-state index >= 15 is 0 Å². The SMILES string of the molecule is Cc1cnc(Cl)nc1NCC(=O)NC(C)(C)C. The van der Waals surface area contributed by atoms with Crippen LogP contribution in [0.15, 0.2) is 6.20 Å². The third-order valence-corrected chi connectivity index (χ3v) is 2.06. The van der Waals surface area contributed by atoms with Gasteiger partial charge in [0.25, 0.3) is 0 Å². The van der Waals surface area contributed by atoms with Gasteiger partial charge in [-0.2, -0.15) is 0 Å². The molecular formula is C11H17ClN4O. The van der Waals surface area contributed by atoms with Crippen molar-refractivity contribution in [1.82, 2.24) is 15.3 Å². The molecule has 0 unspecified atom stereocenters. The maximum Gasteiger partial charge on any atom is 0.239 e. The first-order valence-electron chi connectivity index (χ1n) is 5.32. The van der Waals surface area contributed by atoms with E-state index in [1.807, 2.05) is 27.7 Å². The third kappa shape index (κ3) is 4.99. The van der Waals surface area contributed by atoms with Crippen LogP contribution in [0.2, 0.25) is 5.28 Å². The molecule has 0 aliphatic heterocycles. The van der Waals surface area contributed by atoms with Crippen LogP contribution in [0.1, 0.15) is 26.3 Å². The summed E-state index contributed by atoms with van der Waals surface area (Å²) in [5, 5.41) is 5.94. The molecule has 5 nitrogen and oxygen atoms in total. The summed E-state index contributed by atoms with van der Waals surface area (Å²) in [5.74, 6) is 0.487. The van der Waals surface area contributed by atoms with Crippen LogP contribution >= 0.6 is 11.6 Å². The summed E-state index contributed by atoms with van der Waals surface area (Å²) in [4.78, 5) is 19.4. The van der Waals surface area contributed by atoms with Crippen molar-refractivity contribution in [3.63, 3.8) is 0 Å². The van der Waals surface area contributed by atoms with Crippen LogP contribution in [0.4, 0.5) is 5.82 Å². The summed E-state index contributed by atoms with van der Waals surface area (Å²) in [7, 11) is 0. The van der Waals surface area contributed by atoms with Gasteiger partial charge in [0.15, 0.2) is 0 Å². The molecule has 0 fully saturated rings. The van der Waals surface area contributed by atoms with Gasteiger partial charge in [-0.05, 0) is 39.3 Å². The van der Waals surface area contributed by atoms with E-state index < -0.39 is 0 Å². The molecule has 0 saturated carbocycles. The average Bonchev–Trinajstić information content (AvgIpc) is 2.17. The highest BCUT2D eigenvalue weighted by atomic mass is 35.5. The highest BCUT2D eigenvalue weighted by Gasteiger charge is 2.13. The van der Waals surface area contributed by atoms with Gasteiger partial charge in [-0.3, -0.25) is 4.79 Å². The molecule has 2 N–H and O–H groups in total. The zero-order valence-corrected chi connectivity index (χ0v) is 11.2. The van der Waals surface area contributed by atoms with Crippen LogP contribution < -0.4 is 10.6 Å². The first-order chi connectivity index (χ1) is 7.78. The van der Waals surface area contributed by atoms with E-state index in [-0.39, 0.29) is 23.3 Å². The summed E-state index contributed by atoms with van der Waals surface area (Å²) in [6.07, 6.45) is 1.61. The molecule has 0 bridgehead atoms. The Kier molecular flexibility index (Phi) is 4.28. The number of rotatable bonds is 3. The molecule has 0 spiro atoms. The second-order valence-electron chi connectivity index (χ2n) is 4.82. The Balaban J connectivity index is 2.56. The highest BCUT2D eigenvalue weighted by Crippen LogP contribution is 2.12. The van der Waals surface area contributed by atoms with Crippen molar-refractivity contribution in [3.05, 3.63) is 17.0 Å². The Morgan fingerprint density at radius 1 is 1.47 bits per heavy atom. The molecular weight excluding hydrogens is 240 g/mol. The van der Waals surface area contributed by atoms with Crippen LogP contribution in [-0.4, -0.2) is 28.0 Å². The van der Waals surface area contributed by atoms with E-state index in [0.717, 1.165) is 5.56 Å². The molecule has 1 aromatic rings. The number of amides is 1. The van der Waals surface area contributed by atoms with Gasteiger partial charge in [-0.1, -0.05) is 0 Å². The molecule has 17 heavy (non-hydrogen) atoms. The fourth-order valence-electron chi connectivity index (χ4n) is 1.23. The summed E-state index contributed by atoms with van der Waals surface area (Å²) in [6, 6.07) is 0. The number of carbonyl (C=O) groups excluding carboxylic acids is 1. The van der Waals surface area contributed by atoms with Gasteiger partial charge in [-0.15, -0.1) is 0 Å². The lowest BCUT2D eigenvalue weighted by atomic mass is 10.1. The smallest absolute Gasteiger partial charge is 0.239 e. The molecule has 1 rings (SSSR count). The van der Waals surface area contributed by atoms with Crippen LogP contribution in [0, 0.1) is 6.92 Å². The van der Waals surface area contributed by atoms with E-state index in [9.17, 15) is 4.79 Å². The number of aromatic nitrogens is 2. The molecule has 94 valence electrons. The van der Waals surface area contributed by atoms with Crippen molar-refractivity contribution >= 4 is 23.3 Å². The molecule has 0 aliphatic carbocycles. The van der Waals surface area contributed by atoms with Gasteiger partial charge in [0.2, 0.25) is 11.2 Å². The number of nitrogens with zero attached hydrogens (tertiary/aromatic N) is 2. The maximum atomic E-state index is 11.6. The average molecular weight is 257 g/mol. The summed E-state index contributed by atoms with van der Waals surface area (Å²) in [6.45, 7) is 7.79. The lowest BCUT2D eigenvalue weighted by molar-refractivity contribution is -0.120. The number of nitrogens with one attached hydrogen (secondary N) is 2. The largest absolute Gasteiger partial charge is 0.361 e. The van der Waals surface area contributed by atoms with Crippen molar-refractivity contribution in [2.24, 2.45) is 0 Å². The molecule has 0 saturated heterocycles. The maximum absolute atomic E-state index is 11.6. The van der Waals surface area contributed by atoms with Gasteiger partial charge in [-0.25, -0.2) is 9.97 Å². The monoisotopic (exact) mass is 256 g/mol. The summed E-state index contributed by atoms with van der Waals surface area (Å²) in [5.41, 5.74) is 0.606. The Hall–Kier alpha value is -1.36. The van der Waals surface area contributed by atoms with Crippen LogP contribution in [-0.2, 0) is 4.79 Å². The third-order valence-electron chi connectivity index (χ3n) is 1.87. The minimum atomic E-state index is -0.239. The normalized spacial score (nSPS) is 11.1. The van der Waals surface area contributed by atoms with Gasteiger partial charge >= 0.3 is 0 Å². The van der Waals surface area contributed by atoms with Gasteiger partial charge < -0.3 is 10.6 Å². The highest BCUT2D eigenvalue weighted by molar-refractivity contribution is 6.28. The second-order valence-corrected chi connectivity index (χ2v) is 5.16. The van der Waals surface area contributed by atoms with Gasteiger partial charge in [0.05, 0.1) is 6.54 Å². The number of halogens is 1. The van der Waals surface area contributed by atoms with Crippen LogP contribution in [0.3, 0.4) is 0 Å². The fourth-order valence-corrected chi connectivity index (χ4v) is 1.36. The van der Waals surface area contributed by atoms with Crippen LogP contribution in [0.5, 0.6) is 0 Å². The molecule has 1 heterocycles. The number of aryl methyl sites for hydroxylation is 1. The van der Waals surface area contributed by atoms with E-state index in [0.29, 0.717) is 5.82 Å². The molecule has 1 aromatic heterocycles. The lowest BCUT2D eigenvalue weighted by Gasteiger charge is -2.20. The van der Waals surface area contributed by atoms with Crippen molar-refractivity contribution in [2.45, 2.75) is 33.2 Å². The Bertz CT molecular complexity index is 414. The number of hydrogen-bond donors (Lipinski definition) is 2. The topological polar surface area (TPSA) is 66.9 Å². The van der Waals surface area contributed by atoms with Gasteiger partial charge in [0, 0.05) is 17.3 Å². The summed E-state index contributed by atoms with van der Waals surface area (Å²) < 4.78 is 0. The molecule has 0 aliphatic rings. The van der Waals surface area contributed by atoms with E-state index in [4.69, 9.17) is 11.6 Å². The van der Waals surface area contributed by atoms with Crippen molar-refractivity contribution in [3.8, 4) is 0 Å². The predicted molar refractivity (Wildman–Crippen MR) is 68.2 cm³/mol. The lowest BCUT2D eigenvalue weighted by Crippen LogP contribution is -2.43. The fraction of sp³-hybridized carbons (Fsp3) is 0.545. The van der Waals surface area contributed by atoms with E-state index in [2.05, 4.69) is 20.6 Å². The molecule has 0 atom stereocenters. The molecule has 0 aromatic carbocycles. The van der Waals surface area contributed by atoms with E-state index in [1.54, 1.807) is 6.20 Å². The van der Waals surface area contributed by atoms with Crippen LogP contribution in [0.25, 0.3) is 0 Å². The Morgan fingerprint density at radius 3 is 2.71 bits per heavy atom. The molecule has 1 amide bonds. The Morgan fingerprint density at radius 2 is 2.12 bits per heavy atom. The minimum Gasteiger partial charge on any atom is -0.361 e. The minimum absolute atomic E-state index is 0.0911. The second kappa shape index (κ2) is 5.31. The van der Waals surface area contributed by atoms with Crippen molar-refractivity contribution in [1.29, 1.82) is 0 Å². The Labute approximate surface area is 106 Å². The zero-order chi connectivity index (χ0) is 13.1. The zero-order valence-electron chi connectivity index (χ0n) is 10.5. The number of carbonyl (C=O) groups is 1. The number of hydrogen-bond acceptors (Lipinski definition) is 4. The van der Waals surface area contributed by atoms with Gasteiger partial charge in [0.1, 0.15) is 5.82 Å². The standard InChI is InChI=1S/C11H17ClN4O/c1-7-5-14-10(12)15-9(7)13-6-8(17)16-11(2,3)4/h5H,6H2,1-4H3,(H,16,17)(H,13,14,15). The van der Waals surface area contributed by atoms with E-state index in [1.165, 1.54) is 0 Å². The van der Waals surface area contributed by atoms with Crippen molar-refractivity contribution < 1.29 is 4.79 Å².